The highest BCUT2D eigenvalue weighted by atomic mass is 32.1. The average Bonchev–Trinajstić information content (AvgIpc) is 2.81. The molecule has 0 amide bonds. The number of ketones is 1. The summed E-state index contributed by atoms with van der Waals surface area (Å²) < 4.78 is 5.26. The van der Waals surface area contributed by atoms with Gasteiger partial charge in [0.25, 0.3) is 0 Å². The van der Waals surface area contributed by atoms with Crippen molar-refractivity contribution < 1.29 is 14.3 Å². The third kappa shape index (κ3) is 3.02. The van der Waals surface area contributed by atoms with Crippen molar-refractivity contribution in [3.05, 3.63) is 22.2 Å². The van der Waals surface area contributed by atoms with E-state index in [4.69, 9.17) is 10.5 Å². The highest BCUT2D eigenvalue weighted by Crippen LogP contribution is 2.39. The van der Waals surface area contributed by atoms with E-state index >= 15 is 0 Å². The van der Waals surface area contributed by atoms with Crippen LogP contribution in [0, 0.1) is 5.41 Å². The van der Waals surface area contributed by atoms with Gasteiger partial charge in [-0.05, 0) is 24.3 Å². The molecule has 1 aliphatic rings. The lowest BCUT2D eigenvalue weighted by molar-refractivity contribution is 0.0506. The number of esters is 1. The molecule has 24 heavy (non-hydrogen) atoms. The number of anilines is 1. The Morgan fingerprint density at radius 3 is 2.88 bits per heavy atom. The number of pyridine rings is 1. The van der Waals surface area contributed by atoms with E-state index in [9.17, 15) is 9.59 Å². The molecule has 2 N–H and O–H groups in total. The number of Topliss-reactive ketones (excluding diaryl/α,β-unsaturated/α-hetero) is 1. The fourth-order valence-electron chi connectivity index (χ4n) is 3.03. The molecular weight excluding hydrogens is 324 g/mol. The Bertz CT molecular complexity index is 823. The van der Waals surface area contributed by atoms with Crippen molar-refractivity contribution in [3.8, 4) is 0 Å². The average molecular weight is 346 g/mol. The van der Waals surface area contributed by atoms with Crippen LogP contribution in [0.2, 0.25) is 0 Å². The highest BCUT2D eigenvalue weighted by Gasteiger charge is 2.33. The van der Waals surface area contributed by atoms with Crippen LogP contribution in [0.25, 0.3) is 10.2 Å². The minimum Gasteiger partial charge on any atom is -0.461 e. The van der Waals surface area contributed by atoms with Gasteiger partial charge in [-0.2, -0.15) is 0 Å². The molecule has 2 aromatic rings. The van der Waals surface area contributed by atoms with Gasteiger partial charge >= 0.3 is 5.97 Å². The quantitative estimate of drug-likeness (QED) is 0.668. The van der Waals surface area contributed by atoms with E-state index in [0.29, 0.717) is 39.4 Å². The van der Waals surface area contributed by atoms with Gasteiger partial charge < -0.3 is 10.5 Å². The summed E-state index contributed by atoms with van der Waals surface area (Å²) in [6.45, 7) is 6.56. The zero-order chi connectivity index (χ0) is 17.5. The Morgan fingerprint density at radius 1 is 1.42 bits per heavy atom. The van der Waals surface area contributed by atoms with Gasteiger partial charge in [0.2, 0.25) is 0 Å². The zero-order valence-corrected chi connectivity index (χ0v) is 15.1. The van der Waals surface area contributed by atoms with Crippen LogP contribution in [-0.4, -0.2) is 23.3 Å². The Balaban J connectivity index is 2.00. The van der Waals surface area contributed by atoms with E-state index in [1.807, 2.05) is 6.92 Å². The van der Waals surface area contributed by atoms with Crippen LogP contribution in [0.3, 0.4) is 0 Å². The van der Waals surface area contributed by atoms with E-state index in [1.54, 1.807) is 6.07 Å². The third-order valence-electron chi connectivity index (χ3n) is 4.30. The number of thiophene rings is 1. The first-order valence-electron chi connectivity index (χ1n) is 8.24. The molecule has 0 saturated heterocycles. The van der Waals surface area contributed by atoms with Crippen LogP contribution in [-0.2, 0) is 11.2 Å². The number of hydrogen-bond acceptors (Lipinski definition) is 6. The van der Waals surface area contributed by atoms with Crippen molar-refractivity contribution in [3.63, 3.8) is 0 Å². The van der Waals surface area contributed by atoms with Crippen LogP contribution < -0.4 is 5.73 Å². The molecule has 2 heterocycles. The number of carbonyl (C=O) groups excluding carboxylic acids is 2. The van der Waals surface area contributed by atoms with E-state index in [2.05, 4.69) is 18.8 Å². The molecule has 0 spiro atoms. The Hall–Kier alpha value is -1.95. The van der Waals surface area contributed by atoms with Crippen molar-refractivity contribution in [2.75, 3.05) is 12.3 Å². The van der Waals surface area contributed by atoms with Gasteiger partial charge in [-0.1, -0.05) is 27.2 Å². The van der Waals surface area contributed by atoms with Crippen LogP contribution in [0.15, 0.2) is 6.07 Å². The van der Waals surface area contributed by atoms with Gasteiger partial charge in [-0.15, -0.1) is 11.3 Å². The maximum absolute atomic E-state index is 12.4. The van der Waals surface area contributed by atoms with Crippen LogP contribution in [0.4, 0.5) is 5.69 Å². The number of carbonyl (C=O) groups is 2. The highest BCUT2D eigenvalue weighted by molar-refractivity contribution is 7.21. The van der Waals surface area contributed by atoms with Crippen LogP contribution in [0.1, 0.15) is 65.8 Å². The number of nitrogen functional groups attached to an aromatic ring is 1. The van der Waals surface area contributed by atoms with Crippen LogP contribution in [0.5, 0.6) is 0 Å². The predicted molar refractivity (Wildman–Crippen MR) is 95.7 cm³/mol. The molecule has 0 atom stereocenters. The first kappa shape index (κ1) is 16.9. The van der Waals surface area contributed by atoms with Crippen LogP contribution >= 0.6 is 11.3 Å². The monoisotopic (exact) mass is 346 g/mol. The topological polar surface area (TPSA) is 82.3 Å². The molecular formula is C18H22N2O3S. The number of ether oxygens (including phenoxy) is 1. The summed E-state index contributed by atoms with van der Waals surface area (Å²) in [5.74, 6) is -0.318. The molecule has 0 fully saturated rings. The molecule has 0 saturated carbocycles. The van der Waals surface area contributed by atoms with Gasteiger partial charge in [0.05, 0.1) is 18.0 Å². The summed E-state index contributed by atoms with van der Waals surface area (Å²) in [6, 6.07) is 1.80. The Labute approximate surface area is 145 Å². The largest absolute Gasteiger partial charge is 0.461 e. The third-order valence-corrected chi connectivity index (χ3v) is 5.40. The van der Waals surface area contributed by atoms with Gasteiger partial charge in [0.1, 0.15) is 9.71 Å². The smallest absolute Gasteiger partial charge is 0.350 e. The van der Waals surface area contributed by atoms with Crippen molar-refractivity contribution in [1.29, 1.82) is 0 Å². The van der Waals surface area contributed by atoms with E-state index < -0.39 is 5.97 Å². The molecule has 6 heteroatoms. The first-order chi connectivity index (χ1) is 11.3. The lowest BCUT2D eigenvalue weighted by atomic mass is 9.75. The molecule has 0 unspecified atom stereocenters. The zero-order valence-electron chi connectivity index (χ0n) is 14.3. The second kappa shape index (κ2) is 6.16. The summed E-state index contributed by atoms with van der Waals surface area (Å²) >= 11 is 1.24. The molecule has 0 bridgehead atoms. The number of nitrogens with two attached hydrogens (primary N) is 1. The first-order valence-corrected chi connectivity index (χ1v) is 9.06. The van der Waals surface area contributed by atoms with Gasteiger partial charge in [0.15, 0.2) is 5.78 Å². The fourth-order valence-corrected chi connectivity index (χ4v) is 4.02. The second-order valence-corrected chi connectivity index (χ2v) is 8.11. The van der Waals surface area contributed by atoms with Gasteiger partial charge in [0, 0.05) is 17.4 Å². The summed E-state index contributed by atoms with van der Waals surface area (Å²) in [7, 11) is 0. The molecule has 2 aromatic heterocycles. The van der Waals surface area contributed by atoms with Crippen molar-refractivity contribution >= 4 is 39.0 Å². The minimum atomic E-state index is -0.409. The number of fused-ring (bicyclic) bond motifs is 2. The molecule has 0 radical (unpaired) electrons. The lowest BCUT2D eigenvalue weighted by Gasteiger charge is -2.29. The SMILES string of the molecule is CCCCOC(=O)c1sc2nc3c(cc2c1N)C(=O)CC(C)(C)C3. The second-order valence-electron chi connectivity index (χ2n) is 7.11. The maximum atomic E-state index is 12.4. The molecule has 5 nitrogen and oxygen atoms in total. The number of rotatable bonds is 4. The van der Waals surface area contributed by atoms with E-state index in [0.717, 1.165) is 25.0 Å². The van der Waals surface area contributed by atoms with Gasteiger partial charge in [-0.3, -0.25) is 4.79 Å². The minimum absolute atomic E-state index is 0.0878. The lowest BCUT2D eigenvalue weighted by Crippen LogP contribution is -2.27. The van der Waals surface area contributed by atoms with Gasteiger partial charge in [-0.25, -0.2) is 9.78 Å². The molecule has 1 aliphatic carbocycles. The molecule has 0 aliphatic heterocycles. The molecule has 0 aromatic carbocycles. The normalized spacial score (nSPS) is 16.2. The number of unbranched alkanes of at least 4 members (excludes halogenated alkanes) is 1. The number of hydrogen-bond donors (Lipinski definition) is 1. The predicted octanol–water partition coefficient (Wildman–Crippen LogP) is 3.99. The summed E-state index contributed by atoms with van der Waals surface area (Å²) in [6.07, 6.45) is 3.04. The summed E-state index contributed by atoms with van der Waals surface area (Å²) in [4.78, 5) is 30.3. The summed E-state index contributed by atoms with van der Waals surface area (Å²) in [5, 5.41) is 0.675. The van der Waals surface area contributed by atoms with Crippen molar-refractivity contribution in [2.24, 2.45) is 5.41 Å². The summed E-state index contributed by atoms with van der Waals surface area (Å²) in [5.41, 5.74) is 7.85. The molecule has 128 valence electrons. The number of nitrogens with zero attached hydrogens (tertiary/aromatic N) is 1. The van der Waals surface area contributed by atoms with E-state index in [-0.39, 0.29) is 11.2 Å². The number of aromatic nitrogens is 1. The Kier molecular flexibility index (Phi) is 4.34. The Morgan fingerprint density at radius 2 is 2.17 bits per heavy atom. The van der Waals surface area contributed by atoms with Crippen molar-refractivity contribution in [1.82, 2.24) is 4.98 Å². The standard InChI is InChI=1S/C18H22N2O3S/c1-4-5-6-23-17(22)15-14(19)11-7-10-12(20-16(11)24-15)8-18(2,3)9-13(10)21/h7H,4-6,8-9,19H2,1-3H3. The van der Waals surface area contributed by atoms with Crippen molar-refractivity contribution in [2.45, 2.75) is 46.5 Å². The van der Waals surface area contributed by atoms with E-state index in [1.165, 1.54) is 11.3 Å². The maximum Gasteiger partial charge on any atom is 0.350 e. The fraction of sp³-hybridized carbons (Fsp3) is 0.500. The molecule has 3 rings (SSSR count).